The lowest BCUT2D eigenvalue weighted by Gasteiger charge is -2.32. The number of aliphatic hydroxyl groups is 1. The Bertz CT molecular complexity index is 383. The van der Waals surface area contributed by atoms with Gasteiger partial charge in [0.25, 0.3) is 0 Å². The van der Waals surface area contributed by atoms with Crippen molar-refractivity contribution in [3.63, 3.8) is 0 Å². The Hall–Kier alpha value is -1.00. The topological polar surface area (TPSA) is 46.2 Å². The first-order valence-electron chi connectivity index (χ1n) is 5.46. The summed E-state index contributed by atoms with van der Waals surface area (Å²) in [5, 5.41) is 9.42. The molecule has 2 nitrogen and oxygen atoms in total. The van der Waals surface area contributed by atoms with E-state index in [0.29, 0.717) is 24.8 Å². The van der Waals surface area contributed by atoms with Crippen molar-refractivity contribution in [1.29, 1.82) is 0 Å². The van der Waals surface area contributed by atoms with E-state index < -0.39 is 17.7 Å². The van der Waals surface area contributed by atoms with Crippen LogP contribution in [0, 0.1) is 11.6 Å². The molecule has 1 aliphatic rings. The van der Waals surface area contributed by atoms with Gasteiger partial charge in [0.1, 0.15) is 11.6 Å². The number of halogens is 2. The molecule has 0 amide bonds. The molecule has 3 N–H and O–H groups in total. The molecule has 3 atom stereocenters. The van der Waals surface area contributed by atoms with Crippen LogP contribution in [0.1, 0.15) is 30.7 Å². The summed E-state index contributed by atoms with van der Waals surface area (Å²) in [6.45, 7) is 0. The third-order valence-corrected chi connectivity index (χ3v) is 3.23. The molecular weight excluding hydrogens is 212 g/mol. The van der Waals surface area contributed by atoms with E-state index in [-0.39, 0.29) is 12.0 Å². The molecule has 1 fully saturated rings. The molecule has 88 valence electrons. The van der Waals surface area contributed by atoms with Crippen molar-refractivity contribution >= 4 is 0 Å². The average molecular weight is 227 g/mol. The van der Waals surface area contributed by atoms with Gasteiger partial charge in [0.2, 0.25) is 0 Å². The second-order valence-electron chi connectivity index (χ2n) is 4.40. The Balaban J connectivity index is 2.26. The Kier molecular flexibility index (Phi) is 3.21. The van der Waals surface area contributed by atoms with Gasteiger partial charge in [-0.25, -0.2) is 8.78 Å². The molecule has 16 heavy (non-hydrogen) atoms. The van der Waals surface area contributed by atoms with Crippen LogP contribution in [0.3, 0.4) is 0 Å². The van der Waals surface area contributed by atoms with Crippen molar-refractivity contribution < 1.29 is 13.9 Å². The summed E-state index contributed by atoms with van der Waals surface area (Å²) in [6, 6.07) is 3.13. The van der Waals surface area contributed by atoms with Crippen molar-refractivity contribution in [3.05, 3.63) is 35.4 Å². The maximum atomic E-state index is 13.5. The molecule has 0 radical (unpaired) electrons. The van der Waals surface area contributed by atoms with E-state index in [1.54, 1.807) is 0 Å². The van der Waals surface area contributed by atoms with Crippen LogP contribution in [-0.2, 0) is 0 Å². The molecule has 4 heteroatoms. The van der Waals surface area contributed by atoms with Crippen LogP contribution in [0.25, 0.3) is 0 Å². The Morgan fingerprint density at radius 3 is 2.69 bits per heavy atom. The number of benzene rings is 1. The smallest absolute Gasteiger partial charge is 0.126 e. The molecule has 1 saturated carbocycles. The molecule has 0 spiro atoms. The normalized spacial score (nSPS) is 30.4. The molecule has 0 bridgehead atoms. The third kappa shape index (κ3) is 2.23. The zero-order valence-corrected chi connectivity index (χ0v) is 8.87. The van der Waals surface area contributed by atoms with E-state index >= 15 is 0 Å². The zero-order valence-electron chi connectivity index (χ0n) is 8.87. The monoisotopic (exact) mass is 227 g/mol. The summed E-state index contributed by atoms with van der Waals surface area (Å²) in [7, 11) is 0. The van der Waals surface area contributed by atoms with Gasteiger partial charge in [0, 0.05) is 12.0 Å². The van der Waals surface area contributed by atoms with E-state index in [1.165, 1.54) is 6.07 Å². The highest BCUT2D eigenvalue weighted by atomic mass is 19.1. The molecule has 0 aliphatic heterocycles. The predicted molar refractivity (Wildman–Crippen MR) is 56.9 cm³/mol. The van der Waals surface area contributed by atoms with Gasteiger partial charge in [0.15, 0.2) is 0 Å². The number of rotatable bonds is 1. The zero-order chi connectivity index (χ0) is 11.7. The van der Waals surface area contributed by atoms with Crippen LogP contribution in [0.2, 0.25) is 0 Å². The SMILES string of the molecule is N[C@H]1C[C@@H](O)CC[C@@H]1c1cc(F)ccc1F. The molecule has 1 aromatic rings. The van der Waals surface area contributed by atoms with Crippen molar-refractivity contribution in [1.82, 2.24) is 0 Å². The van der Waals surface area contributed by atoms with Gasteiger partial charge < -0.3 is 10.8 Å². The van der Waals surface area contributed by atoms with Gasteiger partial charge in [-0.2, -0.15) is 0 Å². The van der Waals surface area contributed by atoms with Gasteiger partial charge in [-0.05, 0) is 43.0 Å². The standard InChI is InChI=1S/C12H15F2NO/c13-7-1-4-11(14)10(5-7)9-3-2-8(16)6-12(9)15/h1,4-5,8-9,12,16H,2-3,6,15H2/t8-,9+,12-/m0/s1. The van der Waals surface area contributed by atoms with Gasteiger partial charge in [-0.3, -0.25) is 0 Å². The number of hydrogen-bond donors (Lipinski definition) is 2. The first-order valence-corrected chi connectivity index (χ1v) is 5.46. The maximum Gasteiger partial charge on any atom is 0.126 e. The maximum absolute atomic E-state index is 13.5. The number of hydrogen-bond acceptors (Lipinski definition) is 2. The molecule has 0 unspecified atom stereocenters. The Morgan fingerprint density at radius 1 is 1.25 bits per heavy atom. The van der Waals surface area contributed by atoms with Crippen molar-refractivity contribution in [2.24, 2.45) is 5.73 Å². The van der Waals surface area contributed by atoms with Gasteiger partial charge in [0.05, 0.1) is 6.10 Å². The highest BCUT2D eigenvalue weighted by Crippen LogP contribution is 2.33. The third-order valence-electron chi connectivity index (χ3n) is 3.23. The van der Waals surface area contributed by atoms with Crippen LogP contribution < -0.4 is 5.73 Å². The lowest BCUT2D eigenvalue weighted by atomic mass is 9.79. The van der Waals surface area contributed by atoms with Crippen molar-refractivity contribution in [2.75, 3.05) is 0 Å². The molecule has 0 saturated heterocycles. The largest absolute Gasteiger partial charge is 0.393 e. The minimum atomic E-state index is -0.449. The molecule has 0 aromatic heterocycles. The molecule has 0 heterocycles. The minimum absolute atomic E-state index is 0.195. The molecule has 2 rings (SSSR count). The van der Waals surface area contributed by atoms with Gasteiger partial charge >= 0.3 is 0 Å². The quantitative estimate of drug-likeness (QED) is 0.770. The van der Waals surface area contributed by atoms with E-state index in [1.807, 2.05) is 0 Å². The number of nitrogens with two attached hydrogens (primary N) is 1. The van der Waals surface area contributed by atoms with Crippen LogP contribution in [0.15, 0.2) is 18.2 Å². The van der Waals surface area contributed by atoms with Crippen molar-refractivity contribution in [3.8, 4) is 0 Å². The average Bonchev–Trinajstić information content (AvgIpc) is 2.22. The van der Waals surface area contributed by atoms with E-state index in [2.05, 4.69) is 0 Å². The molecular formula is C12H15F2NO. The van der Waals surface area contributed by atoms with Gasteiger partial charge in [-0.15, -0.1) is 0 Å². The van der Waals surface area contributed by atoms with Crippen molar-refractivity contribution in [2.45, 2.75) is 37.3 Å². The van der Waals surface area contributed by atoms with Crippen LogP contribution in [0.4, 0.5) is 8.78 Å². The summed E-state index contributed by atoms with van der Waals surface area (Å²) in [6.07, 6.45) is 1.22. The van der Waals surface area contributed by atoms with E-state index in [4.69, 9.17) is 5.73 Å². The summed E-state index contributed by atoms with van der Waals surface area (Å²) in [5.41, 5.74) is 6.20. The fourth-order valence-corrected chi connectivity index (χ4v) is 2.37. The van der Waals surface area contributed by atoms with Crippen LogP contribution in [-0.4, -0.2) is 17.3 Å². The lowest BCUT2D eigenvalue weighted by Crippen LogP contribution is -2.37. The number of aliphatic hydroxyl groups excluding tert-OH is 1. The second kappa shape index (κ2) is 4.47. The molecule has 1 aromatic carbocycles. The fourth-order valence-electron chi connectivity index (χ4n) is 2.37. The first kappa shape index (κ1) is 11.5. The van der Waals surface area contributed by atoms with Crippen LogP contribution in [0.5, 0.6) is 0 Å². The van der Waals surface area contributed by atoms with E-state index in [9.17, 15) is 13.9 Å². The second-order valence-corrected chi connectivity index (χ2v) is 4.40. The molecule has 1 aliphatic carbocycles. The predicted octanol–water partition coefficient (Wildman–Crippen LogP) is 1.92. The fraction of sp³-hybridized carbons (Fsp3) is 0.500. The first-order chi connectivity index (χ1) is 7.58. The van der Waals surface area contributed by atoms with E-state index in [0.717, 1.165) is 12.1 Å². The minimum Gasteiger partial charge on any atom is -0.393 e. The summed E-state index contributed by atoms with van der Waals surface area (Å²) in [4.78, 5) is 0. The highest BCUT2D eigenvalue weighted by molar-refractivity contribution is 5.25. The Morgan fingerprint density at radius 2 is 2.00 bits per heavy atom. The summed E-state index contributed by atoms with van der Waals surface area (Å²) < 4.78 is 26.6. The lowest BCUT2D eigenvalue weighted by molar-refractivity contribution is 0.111. The Labute approximate surface area is 93.1 Å². The highest BCUT2D eigenvalue weighted by Gasteiger charge is 2.29. The summed E-state index contributed by atoms with van der Waals surface area (Å²) >= 11 is 0. The summed E-state index contributed by atoms with van der Waals surface area (Å²) in [5.74, 6) is -1.06. The van der Waals surface area contributed by atoms with Gasteiger partial charge in [-0.1, -0.05) is 0 Å². The van der Waals surface area contributed by atoms with Crippen LogP contribution >= 0.6 is 0 Å².